The molecule has 2 aromatic rings. The maximum Gasteiger partial charge on any atom is 0.258 e. The Morgan fingerprint density at radius 1 is 1.26 bits per heavy atom. The van der Waals surface area contributed by atoms with Crippen LogP contribution in [-0.2, 0) is 16.1 Å². The Morgan fingerprint density at radius 2 is 2.00 bits per heavy atom. The summed E-state index contributed by atoms with van der Waals surface area (Å²) in [6.45, 7) is 0.0361. The lowest BCUT2D eigenvalue weighted by molar-refractivity contribution is -0.123. The molecular weight excluding hydrogens is 366 g/mol. The summed E-state index contributed by atoms with van der Waals surface area (Å²) in [5.74, 6) is -0.342. The number of anilines is 1. The number of benzene rings is 1. The second-order valence-corrected chi connectivity index (χ2v) is 5.94. The monoisotopic (exact) mass is 377 g/mol. The zero-order chi connectivity index (χ0) is 16.4. The van der Waals surface area contributed by atoms with E-state index in [-0.39, 0.29) is 18.9 Å². The third-order valence-corrected chi connectivity index (χ3v) is 4.10. The predicted octanol–water partition coefficient (Wildman–Crippen LogP) is 2.86. The Balaban J connectivity index is 1.82. The van der Waals surface area contributed by atoms with Crippen molar-refractivity contribution in [2.45, 2.75) is 19.0 Å². The van der Waals surface area contributed by atoms with Crippen LogP contribution in [0.15, 0.2) is 56.8 Å². The van der Waals surface area contributed by atoms with Crippen molar-refractivity contribution in [2.24, 2.45) is 5.29 Å². The van der Waals surface area contributed by atoms with Crippen molar-refractivity contribution in [1.29, 1.82) is 0 Å². The highest BCUT2D eigenvalue weighted by Gasteiger charge is 2.43. The molecule has 1 unspecified atom stereocenters. The molecule has 7 nitrogen and oxygen atoms in total. The Kier molecular flexibility index (Phi) is 4.24. The van der Waals surface area contributed by atoms with Gasteiger partial charge in [0.25, 0.3) is 5.91 Å². The highest BCUT2D eigenvalue weighted by Crippen LogP contribution is 2.27. The molecule has 0 aliphatic carbocycles. The topological polar surface area (TPSA) is 83.2 Å². The maximum absolute atomic E-state index is 12.6. The minimum Gasteiger partial charge on any atom is -0.467 e. The summed E-state index contributed by atoms with van der Waals surface area (Å²) in [6, 6.07) is 9.22. The van der Waals surface area contributed by atoms with Crippen LogP contribution in [0.5, 0.6) is 0 Å². The van der Waals surface area contributed by atoms with E-state index in [9.17, 15) is 14.5 Å². The number of nitroso groups, excluding NO2 is 1. The molecule has 2 heterocycles. The SMILES string of the molecule is O=NN(Cc1ccco1)C1CC(=O)N(c2ccc(Br)cc2)C1=O. The molecule has 1 aromatic carbocycles. The summed E-state index contributed by atoms with van der Waals surface area (Å²) in [7, 11) is 0. The summed E-state index contributed by atoms with van der Waals surface area (Å²) in [5, 5.41) is 3.93. The summed E-state index contributed by atoms with van der Waals surface area (Å²) >= 11 is 3.30. The van der Waals surface area contributed by atoms with Crippen molar-refractivity contribution in [1.82, 2.24) is 5.01 Å². The lowest BCUT2D eigenvalue weighted by Crippen LogP contribution is -2.39. The van der Waals surface area contributed by atoms with Gasteiger partial charge in [0, 0.05) is 4.47 Å². The molecule has 0 spiro atoms. The Bertz CT molecular complexity index is 730. The molecule has 23 heavy (non-hydrogen) atoms. The van der Waals surface area contributed by atoms with Crippen LogP contribution in [0.2, 0.25) is 0 Å². The molecule has 1 saturated heterocycles. The number of halogens is 1. The number of hydrogen-bond acceptors (Lipinski definition) is 5. The molecule has 2 amide bonds. The van der Waals surface area contributed by atoms with E-state index in [1.54, 1.807) is 36.4 Å². The van der Waals surface area contributed by atoms with Crippen LogP contribution in [-0.4, -0.2) is 22.9 Å². The van der Waals surface area contributed by atoms with Gasteiger partial charge in [0.05, 0.1) is 30.2 Å². The van der Waals surface area contributed by atoms with Crippen molar-refractivity contribution in [3.63, 3.8) is 0 Å². The third-order valence-electron chi connectivity index (χ3n) is 3.57. The fraction of sp³-hybridized carbons (Fsp3) is 0.200. The highest BCUT2D eigenvalue weighted by atomic mass is 79.9. The van der Waals surface area contributed by atoms with Gasteiger partial charge < -0.3 is 4.42 Å². The smallest absolute Gasteiger partial charge is 0.258 e. The molecule has 1 aliphatic heterocycles. The normalized spacial score (nSPS) is 17.6. The molecule has 0 bridgehead atoms. The summed E-state index contributed by atoms with van der Waals surface area (Å²) in [6.07, 6.45) is 1.37. The van der Waals surface area contributed by atoms with Gasteiger partial charge in [-0.2, -0.15) is 0 Å². The zero-order valence-electron chi connectivity index (χ0n) is 11.9. The molecule has 0 N–H and O–H groups in total. The summed E-state index contributed by atoms with van der Waals surface area (Å²) in [5.41, 5.74) is 0.467. The van der Waals surface area contributed by atoms with E-state index < -0.39 is 11.9 Å². The van der Waals surface area contributed by atoms with Crippen LogP contribution in [0.1, 0.15) is 12.2 Å². The number of imide groups is 1. The minimum absolute atomic E-state index is 0.0361. The second-order valence-electron chi connectivity index (χ2n) is 5.02. The lowest BCUT2D eigenvalue weighted by atomic mass is 10.2. The van der Waals surface area contributed by atoms with Crippen molar-refractivity contribution in [2.75, 3.05) is 4.90 Å². The van der Waals surface area contributed by atoms with Crippen molar-refractivity contribution < 1.29 is 14.0 Å². The van der Waals surface area contributed by atoms with E-state index in [0.717, 1.165) is 14.4 Å². The second kappa shape index (κ2) is 6.33. The lowest BCUT2D eigenvalue weighted by Gasteiger charge is -2.20. The standard InChI is InChI=1S/C15H12BrN3O4/c16-10-3-5-11(6-4-10)19-14(20)8-13(15(19)21)18(17-22)9-12-2-1-7-23-12/h1-7,13H,8-9H2. The van der Waals surface area contributed by atoms with E-state index in [1.807, 2.05) is 0 Å². The fourth-order valence-electron chi connectivity index (χ4n) is 2.47. The van der Waals surface area contributed by atoms with Gasteiger partial charge >= 0.3 is 0 Å². The van der Waals surface area contributed by atoms with Crippen LogP contribution >= 0.6 is 15.9 Å². The van der Waals surface area contributed by atoms with Crippen molar-refractivity contribution in [3.8, 4) is 0 Å². The number of rotatable bonds is 5. The quantitative estimate of drug-likeness (QED) is 0.454. The molecule has 8 heteroatoms. The van der Waals surface area contributed by atoms with E-state index in [2.05, 4.69) is 21.2 Å². The summed E-state index contributed by atoms with van der Waals surface area (Å²) < 4.78 is 6.00. The molecule has 1 aromatic heterocycles. The predicted molar refractivity (Wildman–Crippen MR) is 85.1 cm³/mol. The largest absolute Gasteiger partial charge is 0.467 e. The van der Waals surface area contributed by atoms with Crippen LogP contribution in [0.25, 0.3) is 0 Å². The third kappa shape index (κ3) is 3.02. The van der Waals surface area contributed by atoms with E-state index in [1.165, 1.54) is 6.26 Å². The number of carbonyl (C=O) groups is 2. The molecular formula is C15H12BrN3O4. The van der Waals surface area contributed by atoms with Gasteiger partial charge in [-0.15, -0.1) is 4.91 Å². The average Bonchev–Trinajstić information content (AvgIpc) is 3.14. The molecule has 1 aliphatic rings. The van der Waals surface area contributed by atoms with Gasteiger partial charge in [0.15, 0.2) is 0 Å². The van der Waals surface area contributed by atoms with Crippen LogP contribution in [0, 0.1) is 4.91 Å². The molecule has 3 rings (SSSR count). The molecule has 1 fully saturated rings. The first-order chi connectivity index (χ1) is 11.1. The van der Waals surface area contributed by atoms with E-state index >= 15 is 0 Å². The minimum atomic E-state index is -0.922. The van der Waals surface area contributed by atoms with Crippen LogP contribution < -0.4 is 4.90 Å². The summed E-state index contributed by atoms with van der Waals surface area (Å²) in [4.78, 5) is 36.9. The van der Waals surface area contributed by atoms with Crippen molar-refractivity contribution in [3.05, 3.63) is 57.8 Å². The van der Waals surface area contributed by atoms with Gasteiger partial charge in [-0.1, -0.05) is 15.9 Å². The first-order valence-corrected chi connectivity index (χ1v) is 7.64. The van der Waals surface area contributed by atoms with Crippen LogP contribution in [0.3, 0.4) is 0 Å². The van der Waals surface area contributed by atoms with E-state index in [4.69, 9.17) is 4.42 Å². The number of hydrogen-bond donors (Lipinski definition) is 0. The molecule has 1 atom stereocenters. The first-order valence-electron chi connectivity index (χ1n) is 6.85. The van der Waals surface area contributed by atoms with Gasteiger partial charge in [0.1, 0.15) is 11.8 Å². The zero-order valence-corrected chi connectivity index (χ0v) is 13.5. The van der Waals surface area contributed by atoms with Gasteiger partial charge in [0.2, 0.25) is 5.91 Å². The number of carbonyl (C=O) groups excluding carboxylic acids is 2. The Hall–Kier alpha value is -2.48. The number of amides is 2. The Labute approximate surface area is 139 Å². The first kappa shape index (κ1) is 15.4. The van der Waals surface area contributed by atoms with Gasteiger partial charge in [-0.05, 0) is 36.4 Å². The van der Waals surface area contributed by atoms with Crippen LogP contribution in [0.4, 0.5) is 5.69 Å². The highest BCUT2D eigenvalue weighted by molar-refractivity contribution is 9.10. The van der Waals surface area contributed by atoms with E-state index in [0.29, 0.717) is 11.4 Å². The molecule has 0 radical (unpaired) electrons. The number of furan rings is 1. The molecule has 0 saturated carbocycles. The average molecular weight is 378 g/mol. The van der Waals surface area contributed by atoms with Gasteiger partial charge in [-0.3, -0.25) is 9.59 Å². The molecule has 118 valence electrons. The Morgan fingerprint density at radius 3 is 2.61 bits per heavy atom. The van der Waals surface area contributed by atoms with Gasteiger partial charge in [-0.25, -0.2) is 9.91 Å². The maximum atomic E-state index is 12.6. The number of nitrogens with zero attached hydrogens (tertiary/aromatic N) is 3. The van der Waals surface area contributed by atoms with Crippen molar-refractivity contribution >= 4 is 33.4 Å². The fourth-order valence-corrected chi connectivity index (χ4v) is 2.73.